The molecular formula is C27H30N2O3. The molecular weight excluding hydrogens is 400 g/mol. The second-order valence-electron chi connectivity index (χ2n) is 7.56. The average Bonchev–Trinajstić information content (AvgIpc) is 2.84. The fourth-order valence-corrected chi connectivity index (χ4v) is 3.12. The van der Waals surface area contributed by atoms with Gasteiger partial charge in [-0.3, -0.25) is 0 Å². The molecule has 32 heavy (non-hydrogen) atoms. The van der Waals surface area contributed by atoms with E-state index in [9.17, 15) is 4.79 Å². The van der Waals surface area contributed by atoms with Gasteiger partial charge in [0, 0.05) is 0 Å². The van der Waals surface area contributed by atoms with E-state index >= 15 is 0 Å². The summed E-state index contributed by atoms with van der Waals surface area (Å²) in [6, 6.07) is 23.4. The largest absolute Gasteiger partial charge is 0.494 e. The number of carbonyl (C=O) groups excluding carboxylic acids is 1. The standard InChI is InChI=1S/C27H30N2O3/c1-2-3-4-5-6-10-21-31-25-17-13-23(14-18-25)28-29-24-15-19-26(20-16-24)32-27(30)22-11-8-7-9-12-22/h7-9,11-20H,2-6,10,21H2,1H3. The summed E-state index contributed by atoms with van der Waals surface area (Å²) in [6.45, 7) is 2.97. The summed E-state index contributed by atoms with van der Waals surface area (Å²) in [5.41, 5.74) is 1.93. The number of esters is 1. The van der Waals surface area contributed by atoms with Crippen molar-refractivity contribution in [3.8, 4) is 11.5 Å². The van der Waals surface area contributed by atoms with Crippen molar-refractivity contribution >= 4 is 17.3 Å². The quantitative estimate of drug-likeness (QED) is 0.126. The lowest BCUT2D eigenvalue weighted by molar-refractivity contribution is 0.0735. The highest BCUT2D eigenvalue weighted by Gasteiger charge is 2.07. The molecule has 3 aromatic rings. The van der Waals surface area contributed by atoms with Crippen LogP contribution in [0.25, 0.3) is 0 Å². The minimum atomic E-state index is -0.390. The molecule has 0 N–H and O–H groups in total. The fraction of sp³-hybridized carbons (Fsp3) is 0.296. The lowest BCUT2D eigenvalue weighted by Crippen LogP contribution is -2.07. The summed E-state index contributed by atoms with van der Waals surface area (Å²) in [5, 5.41) is 8.49. The van der Waals surface area contributed by atoms with Crippen molar-refractivity contribution < 1.29 is 14.3 Å². The zero-order chi connectivity index (χ0) is 22.4. The highest BCUT2D eigenvalue weighted by molar-refractivity contribution is 5.90. The number of nitrogens with zero attached hydrogens (tertiary/aromatic N) is 2. The predicted octanol–water partition coefficient (Wildman–Crippen LogP) is 8.06. The Balaban J connectivity index is 1.43. The van der Waals surface area contributed by atoms with Crippen molar-refractivity contribution in [3.05, 3.63) is 84.4 Å². The van der Waals surface area contributed by atoms with E-state index in [0.717, 1.165) is 24.5 Å². The zero-order valence-electron chi connectivity index (χ0n) is 18.6. The number of azo groups is 1. The molecule has 0 saturated carbocycles. The Hall–Kier alpha value is -3.47. The van der Waals surface area contributed by atoms with Gasteiger partial charge in [0.1, 0.15) is 11.5 Å². The summed E-state index contributed by atoms with van der Waals surface area (Å²) >= 11 is 0. The lowest BCUT2D eigenvalue weighted by atomic mass is 10.1. The molecule has 0 bridgehead atoms. The molecule has 0 heterocycles. The van der Waals surface area contributed by atoms with Gasteiger partial charge in [0.05, 0.1) is 23.5 Å². The minimum absolute atomic E-state index is 0.390. The molecule has 166 valence electrons. The molecule has 0 amide bonds. The zero-order valence-corrected chi connectivity index (χ0v) is 18.6. The maximum Gasteiger partial charge on any atom is 0.343 e. The fourth-order valence-electron chi connectivity index (χ4n) is 3.12. The molecule has 0 aliphatic heterocycles. The van der Waals surface area contributed by atoms with E-state index in [1.54, 1.807) is 48.5 Å². The second-order valence-corrected chi connectivity index (χ2v) is 7.56. The Kier molecular flexibility index (Phi) is 9.46. The van der Waals surface area contributed by atoms with Gasteiger partial charge in [0.25, 0.3) is 0 Å². The molecule has 0 spiro atoms. The van der Waals surface area contributed by atoms with Crippen LogP contribution in [0.2, 0.25) is 0 Å². The summed E-state index contributed by atoms with van der Waals surface area (Å²) in [6.07, 6.45) is 7.50. The van der Waals surface area contributed by atoms with E-state index in [1.807, 2.05) is 30.3 Å². The molecule has 0 saturated heterocycles. The summed E-state index contributed by atoms with van der Waals surface area (Å²) in [5.74, 6) is 0.922. The molecule has 3 rings (SSSR count). The third-order valence-electron chi connectivity index (χ3n) is 4.94. The topological polar surface area (TPSA) is 60.3 Å². The van der Waals surface area contributed by atoms with Crippen LogP contribution in [0.4, 0.5) is 11.4 Å². The highest BCUT2D eigenvalue weighted by atomic mass is 16.5. The molecule has 0 fully saturated rings. The molecule has 0 atom stereocenters. The Bertz CT molecular complexity index is 968. The van der Waals surface area contributed by atoms with Gasteiger partial charge in [-0.05, 0) is 67.1 Å². The number of hydrogen-bond acceptors (Lipinski definition) is 5. The van der Waals surface area contributed by atoms with Gasteiger partial charge in [0.2, 0.25) is 0 Å². The number of benzene rings is 3. The Morgan fingerprint density at radius 3 is 1.88 bits per heavy atom. The predicted molar refractivity (Wildman–Crippen MR) is 127 cm³/mol. The van der Waals surface area contributed by atoms with Crippen LogP contribution in [0, 0.1) is 0 Å². The van der Waals surface area contributed by atoms with Gasteiger partial charge in [-0.1, -0.05) is 57.2 Å². The monoisotopic (exact) mass is 430 g/mol. The van der Waals surface area contributed by atoms with Gasteiger partial charge in [0.15, 0.2) is 0 Å². The molecule has 0 aliphatic rings. The van der Waals surface area contributed by atoms with Crippen LogP contribution in [-0.4, -0.2) is 12.6 Å². The van der Waals surface area contributed by atoms with Crippen LogP contribution in [-0.2, 0) is 0 Å². The van der Waals surface area contributed by atoms with Crippen LogP contribution in [0.3, 0.4) is 0 Å². The number of ether oxygens (including phenoxy) is 2. The van der Waals surface area contributed by atoms with Crippen LogP contribution < -0.4 is 9.47 Å². The first kappa shape index (κ1) is 23.2. The van der Waals surface area contributed by atoms with Gasteiger partial charge in [-0.25, -0.2) is 4.79 Å². The first-order chi connectivity index (χ1) is 15.7. The van der Waals surface area contributed by atoms with Gasteiger partial charge in [-0.15, -0.1) is 0 Å². The van der Waals surface area contributed by atoms with E-state index < -0.39 is 5.97 Å². The summed E-state index contributed by atoms with van der Waals surface area (Å²) < 4.78 is 11.2. The second kappa shape index (κ2) is 13.1. The third kappa shape index (κ3) is 7.99. The summed E-state index contributed by atoms with van der Waals surface area (Å²) in [4.78, 5) is 12.1. The van der Waals surface area contributed by atoms with E-state index in [-0.39, 0.29) is 0 Å². The number of carbonyl (C=O) groups is 1. The van der Waals surface area contributed by atoms with Crippen molar-refractivity contribution in [1.82, 2.24) is 0 Å². The van der Waals surface area contributed by atoms with Crippen LogP contribution in [0.15, 0.2) is 89.1 Å². The van der Waals surface area contributed by atoms with E-state index in [2.05, 4.69) is 17.2 Å². The highest BCUT2D eigenvalue weighted by Crippen LogP contribution is 2.23. The van der Waals surface area contributed by atoms with E-state index in [0.29, 0.717) is 17.0 Å². The first-order valence-corrected chi connectivity index (χ1v) is 11.3. The van der Waals surface area contributed by atoms with Crippen molar-refractivity contribution in [2.75, 3.05) is 6.61 Å². The van der Waals surface area contributed by atoms with Gasteiger partial charge >= 0.3 is 5.97 Å². The molecule has 0 unspecified atom stereocenters. The molecule has 5 nitrogen and oxygen atoms in total. The maximum atomic E-state index is 12.1. The number of unbranched alkanes of at least 4 members (excludes halogenated alkanes) is 5. The SMILES string of the molecule is CCCCCCCCOc1ccc(N=Nc2ccc(OC(=O)c3ccccc3)cc2)cc1. The Labute approximate surface area is 190 Å². The van der Waals surface area contributed by atoms with Crippen molar-refractivity contribution in [2.24, 2.45) is 10.2 Å². The minimum Gasteiger partial charge on any atom is -0.494 e. The number of rotatable bonds is 12. The van der Waals surface area contributed by atoms with Gasteiger partial charge in [-0.2, -0.15) is 10.2 Å². The normalized spacial score (nSPS) is 10.9. The maximum absolute atomic E-state index is 12.1. The summed E-state index contributed by atoms with van der Waals surface area (Å²) in [7, 11) is 0. The van der Waals surface area contributed by atoms with E-state index in [1.165, 1.54) is 32.1 Å². The van der Waals surface area contributed by atoms with Crippen molar-refractivity contribution in [2.45, 2.75) is 45.4 Å². The molecule has 0 aliphatic carbocycles. The van der Waals surface area contributed by atoms with Crippen LogP contribution in [0.1, 0.15) is 55.8 Å². The molecule has 3 aromatic carbocycles. The van der Waals surface area contributed by atoms with Crippen LogP contribution in [0.5, 0.6) is 11.5 Å². The Morgan fingerprint density at radius 2 is 1.25 bits per heavy atom. The van der Waals surface area contributed by atoms with Gasteiger partial charge < -0.3 is 9.47 Å². The van der Waals surface area contributed by atoms with Crippen molar-refractivity contribution in [3.63, 3.8) is 0 Å². The lowest BCUT2D eigenvalue weighted by Gasteiger charge is -2.06. The molecule has 5 heteroatoms. The third-order valence-corrected chi connectivity index (χ3v) is 4.94. The van der Waals surface area contributed by atoms with E-state index in [4.69, 9.17) is 9.47 Å². The first-order valence-electron chi connectivity index (χ1n) is 11.3. The molecule has 0 aromatic heterocycles. The average molecular weight is 431 g/mol. The Morgan fingerprint density at radius 1 is 0.688 bits per heavy atom. The number of hydrogen-bond donors (Lipinski definition) is 0. The molecule has 0 radical (unpaired) electrons. The smallest absolute Gasteiger partial charge is 0.343 e. The van der Waals surface area contributed by atoms with Crippen LogP contribution >= 0.6 is 0 Å². The van der Waals surface area contributed by atoms with Crippen molar-refractivity contribution in [1.29, 1.82) is 0 Å².